The normalized spacial score (nSPS) is 16.6. The summed E-state index contributed by atoms with van der Waals surface area (Å²) in [4.78, 5) is 13.6. The highest BCUT2D eigenvalue weighted by Crippen LogP contribution is 2.36. The van der Waals surface area contributed by atoms with Crippen LogP contribution in [0.5, 0.6) is 0 Å². The van der Waals surface area contributed by atoms with Gasteiger partial charge in [-0.2, -0.15) is 30.1 Å². The van der Waals surface area contributed by atoms with Crippen molar-refractivity contribution in [3.8, 4) is 12.1 Å². The fourth-order valence-electron chi connectivity index (χ4n) is 4.16. The predicted molar refractivity (Wildman–Crippen MR) is 128 cm³/mol. The molecule has 174 valence electrons. The number of nitrogens with zero attached hydrogens (tertiary/aromatic N) is 8. The van der Waals surface area contributed by atoms with Gasteiger partial charge in [-0.3, -0.25) is 4.90 Å². The van der Waals surface area contributed by atoms with Gasteiger partial charge in [0.05, 0.1) is 53.5 Å². The fourth-order valence-corrected chi connectivity index (χ4v) is 4.44. The third-order valence-electron chi connectivity index (χ3n) is 6.04. The zero-order valence-corrected chi connectivity index (χ0v) is 19.4. The first-order valence-electron chi connectivity index (χ1n) is 11.1. The molecule has 2 saturated heterocycles. The van der Waals surface area contributed by atoms with E-state index in [0.717, 1.165) is 45.1 Å². The van der Waals surface area contributed by atoms with Crippen LogP contribution in [0.15, 0.2) is 18.3 Å². The maximum absolute atomic E-state index is 9.64. The lowest BCUT2D eigenvalue weighted by Crippen LogP contribution is -2.56. The molecule has 2 aliphatic heterocycles. The summed E-state index contributed by atoms with van der Waals surface area (Å²) in [5.41, 5.74) is 2.50. The first kappa shape index (κ1) is 22.2. The van der Waals surface area contributed by atoms with E-state index in [9.17, 15) is 10.5 Å². The number of nitrogens with one attached hydrogen (secondary N) is 2. The number of fused-ring (bicyclic) bond motifs is 1. The minimum Gasteiger partial charge on any atom is -0.378 e. The van der Waals surface area contributed by atoms with Crippen LogP contribution in [0.1, 0.15) is 18.1 Å². The highest BCUT2D eigenvalue weighted by atomic mass is 35.5. The molecule has 2 N–H and O–H groups in total. The van der Waals surface area contributed by atoms with Gasteiger partial charge in [0.2, 0.25) is 11.9 Å². The van der Waals surface area contributed by atoms with Crippen molar-refractivity contribution in [2.75, 3.05) is 61.5 Å². The van der Waals surface area contributed by atoms with Crippen molar-refractivity contribution < 1.29 is 4.74 Å². The van der Waals surface area contributed by atoms with Gasteiger partial charge in [0.15, 0.2) is 5.65 Å². The summed E-state index contributed by atoms with van der Waals surface area (Å²) >= 11 is 6.83. The molecule has 2 fully saturated rings. The Labute approximate surface area is 201 Å². The number of hydrogen-bond donors (Lipinski definition) is 2. The van der Waals surface area contributed by atoms with E-state index in [1.807, 2.05) is 13.0 Å². The molecule has 0 bridgehead atoms. The molecule has 2 aromatic heterocycles. The Morgan fingerprint density at radius 3 is 2.59 bits per heavy atom. The summed E-state index contributed by atoms with van der Waals surface area (Å²) in [5.74, 6) is 0.693. The Kier molecular flexibility index (Phi) is 6.07. The van der Waals surface area contributed by atoms with Gasteiger partial charge in [-0.15, -0.1) is 0 Å². The molecule has 5 rings (SSSR count). The van der Waals surface area contributed by atoms with E-state index in [-0.39, 0.29) is 5.95 Å². The summed E-state index contributed by atoms with van der Waals surface area (Å²) in [6.45, 7) is 7.57. The zero-order chi connectivity index (χ0) is 23.7. The third kappa shape index (κ3) is 4.05. The van der Waals surface area contributed by atoms with Gasteiger partial charge in [-0.25, -0.2) is 0 Å². The molecule has 0 aliphatic carbocycles. The molecule has 12 heteroatoms. The summed E-state index contributed by atoms with van der Waals surface area (Å²) in [5, 5.41) is 30.0. The summed E-state index contributed by atoms with van der Waals surface area (Å²) in [7, 11) is 0. The Morgan fingerprint density at radius 1 is 1.15 bits per heavy atom. The summed E-state index contributed by atoms with van der Waals surface area (Å²) < 4.78 is 6.81. The van der Waals surface area contributed by atoms with Crippen molar-refractivity contribution in [2.45, 2.75) is 13.0 Å². The Balaban J connectivity index is 1.46. The van der Waals surface area contributed by atoms with Gasteiger partial charge in [-0.1, -0.05) is 11.6 Å². The summed E-state index contributed by atoms with van der Waals surface area (Å²) in [6.07, 6.45) is 1.45. The van der Waals surface area contributed by atoms with Crippen LogP contribution in [-0.4, -0.2) is 76.5 Å². The average molecular weight is 479 g/mol. The number of rotatable bonds is 6. The second-order valence-corrected chi connectivity index (χ2v) is 8.49. The molecule has 0 radical (unpaired) electrons. The summed E-state index contributed by atoms with van der Waals surface area (Å²) in [6, 6.07) is 8.30. The van der Waals surface area contributed by atoms with Gasteiger partial charge in [0.25, 0.3) is 0 Å². The molecule has 1 aromatic carbocycles. The minimum absolute atomic E-state index is 0.248. The third-order valence-corrected chi connectivity index (χ3v) is 6.44. The number of benzene rings is 1. The van der Waals surface area contributed by atoms with Crippen LogP contribution in [0, 0.1) is 22.7 Å². The lowest BCUT2D eigenvalue weighted by atomic mass is 10.1. The van der Waals surface area contributed by atoms with Crippen LogP contribution in [0.2, 0.25) is 5.02 Å². The molecule has 0 spiro atoms. The van der Waals surface area contributed by atoms with Gasteiger partial charge in [0, 0.05) is 32.7 Å². The van der Waals surface area contributed by atoms with E-state index >= 15 is 0 Å². The average Bonchev–Trinajstić information content (AvgIpc) is 3.23. The molecular weight excluding hydrogens is 456 g/mol. The lowest BCUT2D eigenvalue weighted by Gasteiger charge is -2.43. The smallest absolute Gasteiger partial charge is 0.232 e. The quantitative estimate of drug-likeness (QED) is 0.543. The largest absolute Gasteiger partial charge is 0.378 e. The molecule has 0 amide bonds. The van der Waals surface area contributed by atoms with Crippen LogP contribution in [0.4, 0.5) is 23.3 Å². The molecule has 3 aromatic rings. The number of aromatic nitrogens is 4. The number of hydrogen-bond acceptors (Lipinski definition) is 10. The van der Waals surface area contributed by atoms with E-state index in [1.165, 1.54) is 10.7 Å². The van der Waals surface area contributed by atoms with Crippen LogP contribution in [0.3, 0.4) is 0 Å². The number of ether oxygens (including phenoxy) is 1. The monoisotopic (exact) mass is 478 g/mol. The molecular formula is C22H23ClN10O. The lowest BCUT2D eigenvalue weighted by molar-refractivity contribution is -0.0660. The number of piperazine rings is 1. The van der Waals surface area contributed by atoms with E-state index in [1.54, 1.807) is 6.07 Å². The molecule has 0 unspecified atom stereocenters. The Hall–Kier alpha value is -3.64. The number of halogens is 1. The zero-order valence-electron chi connectivity index (χ0n) is 18.6. The Bertz CT molecular complexity index is 1300. The first-order valence-corrected chi connectivity index (χ1v) is 11.5. The van der Waals surface area contributed by atoms with Gasteiger partial charge >= 0.3 is 0 Å². The molecule has 4 heterocycles. The number of anilines is 4. The Morgan fingerprint density at radius 2 is 1.94 bits per heavy atom. The molecule has 34 heavy (non-hydrogen) atoms. The standard InChI is InChI=1S/C22H23ClN10O/c1-2-26-22-30-21(29-20-15(10-25)11-27-33(20)22)28-17-7-14(9-24)8-18(19(17)23)32-5-3-31(4-6-32)16-12-34-13-16/h7-8,11,16H,2-6,12-13H2,1H3,(H2,26,28,29,30). The minimum atomic E-state index is 0.248. The molecule has 0 saturated carbocycles. The van der Waals surface area contributed by atoms with Crippen molar-refractivity contribution in [2.24, 2.45) is 0 Å². The fraction of sp³-hybridized carbons (Fsp3) is 0.409. The molecule has 11 nitrogen and oxygen atoms in total. The van der Waals surface area contributed by atoms with Gasteiger partial charge in [-0.05, 0) is 19.1 Å². The SMILES string of the molecule is CCNc1nc(Nc2cc(C#N)cc(N3CCN(C4COC4)CC3)c2Cl)nc2c(C#N)cnn12. The number of nitriles is 2. The van der Waals surface area contributed by atoms with Crippen LogP contribution < -0.4 is 15.5 Å². The second kappa shape index (κ2) is 9.31. The van der Waals surface area contributed by atoms with E-state index in [0.29, 0.717) is 46.0 Å². The van der Waals surface area contributed by atoms with E-state index < -0.39 is 0 Å². The maximum Gasteiger partial charge on any atom is 0.232 e. The van der Waals surface area contributed by atoms with Crippen LogP contribution in [-0.2, 0) is 4.74 Å². The predicted octanol–water partition coefficient (Wildman–Crippen LogP) is 2.22. The van der Waals surface area contributed by atoms with Crippen LogP contribution in [0.25, 0.3) is 5.65 Å². The van der Waals surface area contributed by atoms with Crippen LogP contribution >= 0.6 is 11.6 Å². The van der Waals surface area contributed by atoms with Crippen molar-refractivity contribution in [3.05, 3.63) is 34.5 Å². The second-order valence-electron chi connectivity index (χ2n) is 8.11. The van der Waals surface area contributed by atoms with Gasteiger partial charge in [0.1, 0.15) is 11.6 Å². The first-order chi connectivity index (χ1) is 16.6. The van der Waals surface area contributed by atoms with Crippen molar-refractivity contribution in [1.82, 2.24) is 24.5 Å². The molecule has 0 atom stereocenters. The van der Waals surface area contributed by atoms with Crippen molar-refractivity contribution in [1.29, 1.82) is 10.5 Å². The van der Waals surface area contributed by atoms with E-state index in [2.05, 4.69) is 47.6 Å². The van der Waals surface area contributed by atoms with Crippen molar-refractivity contribution in [3.63, 3.8) is 0 Å². The maximum atomic E-state index is 9.64. The van der Waals surface area contributed by atoms with E-state index in [4.69, 9.17) is 16.3 Å². The highest BCUT2D eigenvalue weighted by Gasteiger charge is 2.30. The van der Waals surface area contributed by atoms with Gasteiger partial charge < -0.3 is 20.3 Å². The highest BCUT2D eigenvalue weighted by molar-refractivity contribution is 6.36. The topological polar surface area (TPSA) is 130 Å². The molecule has 2 aliphatic rings. The van der Waals surface area contributed by atoms with Crippen molar-refractivity contribution >= 4 is 40.5 Å².